The highest BCUT2D eigenvalue weighted by atomic mass is 16.5. The molecule has 0 aliphatic rings. The summed E-state index contributed by atoms with van der Waals surface area (Å²) in [6, 6.07) is 20.5. The summed E-state index contributed by atoms with van der Waals surface area (Å²) in [6.45, 7) is 2.00. The molecule has 176 valence electrons. The summed E-state index contributed by atoms with van der Waals surface area (Å²) in [5, 5.41) is 8.29. The van der Waals surface area contributed by atoms with Crippen molar-refractivity contribution >= 4 is 28.1 Å². The second kappa shape index (κ2) is 9.30. The van der Waals surface area contributed by atoms with Crippen molar-refractivity contribution in [2.45, 2.75) is 13.5 Å². The zero-order chi connectivity index (χ0) is 24.4. The zero-order valence-electron chi connectivity index (χ0n) is 19.5. The van der Waals surface area contributed by atoms with Crippen LogP contribution in [0.25, 0.3) is 16.6 Å². The molecule has 0 unspecified atom stereocenters. The highest BCUT2D eigenvalue weighted by Crippen LogP contribution is 2.31. The van der Waals surface area contributed by atoms with Crippen LogP contribution >= 0.6 is 0 Å². The van der Waals surface area contributed by atoms with Crippen molar-refractivity contribution in [3.63, 3.8) is 0 Å². The number of imidazole rings is 1. The van der Waals surface area contributed by atoms with Gasteiger partial charge in [-0.3, -0.25) is 4.79 Å². The molecule has 35 heavy (non-hydrogen) atoms. The van der Waals surface area contributed by atoms with E-state index in [0.29, 0.717) is 40.1 Å². The van der Waals surface area contributed by atoms with Crippen LogP contribution in [0.15, 0.2) is 66.7 Å². The maximum absolute atomic E-state index is 13.1. The van der Waals surface area contributed by atoms with Crippen molar-refractivity contribution in [1.29, 1.82) is 0 Å². The molecule has 0 fully saturated rings. The molecule has 0 spiro atoms. The van der Waals surface area contributed by atoms with E-state index in [0.717, 1.165) is 16.6 Å². The second-order valence-electron chi connectivity index (χ2n) is 7.80. The Morgan fingerprint density at radius 3 is 2.63 bits per heavy atom. The van der Waals surface area contributed by atoms with Gasteiger partial charge in [0, 0.05) is 23.2 Å². The maximum atomic E-state index is 13.1. The Morgan fingerprint density at radius 1 is 0.943 bits per heavy atom. The van der Waals surface area contributed by atoms with Gasteiger partial charge >= 0.3 is 0 Å². The van der Waals surface area contributed by atoms with Crippen molar-refractivity contribution in [3.05, 3.63) is 83.8 Å². The Hall–Kier alpha value is -4.66. The van der Waals surface area contributed by atoms with Gasteiger partial charge in [-0.15, -0.1) is 5.10 Å². The molecular formula is C26H23N5O4. The van der Waals surface area contributed by atoms with Crippen LogP contribution < -0.4 is 19.5 Å². The summed E-state index contributed by atoms with van der Waals surface area (Å²) >= 11 is 0. The number of benzene rings is 2. The average molecular weight is 470 g/mol. The molecule has 1 amide bonds. The van der Waals surface area contributed by atoms with Crippen LogP contribution in [-0.2, 0) is 6.61 Å². The van der Waals surface area contributed by atoms with Crippen LogP contribution in [0.3, 0.4) is 0 Å². The zero-order valence-corrected chi connectivity index (χ0v) is 19.5. The maximum Gasteiger partial charge on any atom is 0.276 e. The molecule has 9 nitrogen and oxygen atoms in total. The summed E-state index contributed by atoms with van der Waals surface area (Å²) in [7, 11) is 3.08. The van der Waals surface area contributed by atoms with Gasteiger partial charge in [-0.05, 0) is 37.3 Å². The normalized spacial score (nSPS) is 10.9. The van der Waals surface area contributed by atoms with E-state index in [9.17, 15) is 4.79 Å². The van der Waals surface area contributed by atoms with Gasteiger partial charge in [-0.2, -0.15) is 0 Å². The molecule has 0 saturated heterocycles. The fourth-order valence-corrected chi connectivity index (χ4v) is 3.79. The molecular weight excluding hydrogens is 446 g/mol. The Morgan fingerprint density at radius 2 is 1.80 bits per heavy atom. The quantitative estimate of drug-likeness (QED) is 0.376. The first-order valence-electron chi connectivity index (χ1n) is 10.9. The number of nitrogens with one attached hydrogen (secondary N) is 1. The van der Waals surface area contributed by atoms with Gasteiger partial charge < -0.3 is 19.5 Å². The van der Waals surface area contributed by atoms with Crippen LogP contribution in [0, 0.1) is 6.92 Å². The molecule has 0 saturated carbocycles. The van der Waals surface area contributed by atoms with Gasteiger partial charge in [-0.25, -0.2) is 14.5 Å². The largest absolute Gasteiger partial charge is 0.493 e. The van der Waals surface area contributed by atoms with E-state index in [1.54, 1.807) is 44.4 Å². The fourth-order valence-electron chi connectivity index (χ4n) is 3.79. The number of ether oxygens (including phenoxy) is 3. The molecule has 3 heterocycles. The summed E-state index contributed by atoms with van der Waals surface area (Å²) in [5.41, 5.74) is 3.63. The van der Waals surface area contributed by atoms with E-state index in [2.05, 4.69) is 20.4 Å². The summed E-state index contributed by atoms with van der Waals surface area (Å²) in [5.74, 6) is 1.05. The van der Waals surface area contributed by atoms with E-state index in [1.807, 2.05) is 36.4 Å². The smallest absolute Gasteiger partial charge is 0.276 e. The predicted molar refractivity (Wildman–Crippen MR) is 131 cm³/mol. The molecule has 0 aliphatic heterocycles. The minimum atomic E-state index is -0.358. The lowest BCUT2D eigenvalue weighted by Gasteiger charge is -2.13. The average Bonchev–Trinajstić information content (AvgIpc) is 3.22. The van der Waals surface area contributed by atoms with Crippen LogP contribution in [-0.4, -0.2) is 39.7 Å². The number of para-hydroxylation sites is 1. The minimum absolute atomic E-state index is 0.245. The first-order chi connectivity index (χ1) is 17.1. The Kier molecular flexibility index (Phi) is 5.88. The molecule has 1 N–H and O–H groups in total. The number of anilines is 1. The SMILES string of the molecule is COc1ccc2nc(C)c(C(=O)Nc3ccc(OC)c(OCc4ccc5ccccc5n4)c3)n2n1. The lowest BCUT2D eigenvalue weighted by atomic mass is 10.2. The number of pyridine rings is 1. The predicted octanol–water partition coefficient (Wildman–Crippen LogP) is 4.43. The van der Waals surface area contributed by atoms with Crippen molar-refractivity contribution in [2.24, 2.45) is 0 Å². The van der Waals surface area contributed by atoms with Crippen molar-refractivity contribution in [3.8, 4) is 17.4 Å². The van der Waals surface area contributed by atoms with E-state index >= 15 is 0 Å². The third-order valence-corrected chi connectivity index (χ3v) is 5.50. The molecule has 9 heteroatoms. The van der Waals surface area contributed by atoms with Crippen LogP contribution in [0.5, 0.6) is 17.4 Å². The molecule has 0 aliphatic carbocycles. The van der Waals surface area contributed by atoms with Crippen LogP contribution in [0.1, 0.15) is 21.9 Å². The molecule has 2 aromatic carbocycles. The first kappa shape index (κ1) is 22.1. The van der Waals surface area contributed by atoms with Gasteiger partial charge in [0.1, 0.15) is 6.61 Å². The van der Waals surface area contributed by atoms with Crippen LogP contribution in [0.2, 0.25) is 0 Å². The van der Waals surface area contributed by atoms with Gasteiger partial charge in [0.2, 0.25) is 5.88 Å². The Balaban J connectivity index is 1.38. The molecule has 0 atom stereocenters. The number of methoxy groups -OCH3 is 2. The first-order valence-corrected chi connectivity index (χ1v) is 10.9. The number of aryl methyl sites for hydroxylation is 1. The topological polar surface area (TPSA) is 99.9 Å². The number of aromatic nitrogens is 4. The molecule has 0 bridgehead atoms. The molecule has 0 radical (unpaired) electrons. The van der Waals surface area contributed by atoms with Crippen molar-refractivity contribution < 1.29 is 19.0 Å². The number of carbonyl (C=O) groups excluding carboxylic acids is 1. The summed E-state index contributed by atoms with van der Waals surface area (Å²) in [4.78, 5) is 22.2. The lowest BCUT2D eigenvalue weighted by Crippen LogP contribution is -2.17. The van der Waals surface area contributed by atoms with E-state index in [4.69, 9.17) is 14.2 Å². The minimum Gasteiger partial charge on any atom is -0.493 e. The molecule has 3 aromatic heterocycles. The Bertz CT molecular complexity index is 1550. The highest BCUT2D eigenvalue weighted by Gasteiger charge is 2.19. The second-order valence-corrected chi connectivity index (χ2v) is 7.80. The third kappa shape index (κ3) is 4.43. The standard InChI is InChI=1S/C26H23N5O4/c1-16-25(31-23(27-16)12-13-24(30-31)34-3)26(32)29-18-10-11-21(33-2)22(14-18)35-15-19-9-8-17-6-4-5-7-20(17)28-19/h4-14H,15H2,1-3H3,(H,29,32). The number of nitrogens with zero attached hydrogens (tertiary/aromatic N) is 4. The van der Waals surface area contributed by atoms with Crippen molar-refractivity contribution in [1.82, 2.24) is 19.6 Å². The fraction of sp³-hybridized carbons (Fsp3) is 0.154. The molecule has 5 rings (SSSR count). The highest BCUT2D eigenvalue weighted by molar-refractivity contribution is 6.04. The van der Waals surface area contributed by atoms with E-state index in [-0.39, 0.29) is 12.5 Å². The number of amides is 1. The van der Waals surface area contributed by atoms with Gasteiger partial charge in [-0.1, -0.05) is 24.3 Å². The number of fused-ring (bicyclic) bond motifs is 2. The van der Waals surface area contributed by atoms with Gasteiger partial charge in [0.25, 0.3) is 5.91 Å². The van der Waals surface area contributed by atoms with Crippen LogP contribution in [0.4, 0.5) is 5.69 Å². The van der Waals surface area contributed by atoms with Gasteiger partial charge in [0.05, 0.1) is 31.1 Å². The van der Waals surface area contributed by atoms with Crippen molar-refractivity contribution in [2.75, 3.05) is 19.5 Å². The van der Waals surface area contributed by atoms with Gasteiger partial charge in [0.15, 0.2) is 22.8 Å². The summed E-state index contributed by atoms with van der Waals surface area (Å²) in [6.07, 6.45) is 0. The third-order valence-electron chi connectivity index (χ3n) is 5.50. The Labute approximate surface area is 201 Å². The number of hydrogen-bond acceptors (Lipinski definition) is 7. The monoisotopic (exact) mass is 469 g/mol. The lowest BCUT2D eigenvalue weighted by molar-refractivity contribution is 0.101. The summed E-state index contributed by atoms with van der Waals surface area (Å²) < 4.78 is 18.1. The molecule has 5 aromatic rings. The number of carbonyl (C=O) groups is 1. The van der Waals surface area contributed by atoms with E-state index in [1.165, 1.54) is 11.6 Å². The number of hydrogen-bond donors (Lipinski definition) is 1. The van der Waals surface area contributed by atoms with E-state index < -0.39 is 0 Å². The number of rotatable bonds is 7.